The zero-order chi connectivity index (χ0) is 14.7. The third-order valence-electron chi connectivity index (χ3n) is 3.13. The van der Waals surface area contributed by atoms with E-state index < -0.39 is 0 Å². The lowest BCUT2D eigenvalue weighted by atomic mass is 10.1. The number of aromatic nitrogens is 2. The number of nitrogens with zero attached hydrogens (tertiary/aromatic N) is 2. The van der Waals surface area contributed by atoms with E-state index in [-0.39, 0.29) is 0 Å². The first-order valence-corrected chi connectivity index (χ1v) is 7.52. The second-order valence-electron chi connectivity index (χ2n) is 4.81. The number of hydrogen-bond donors (Lipinski definition) is 1. The summed E-state index contributed by atoms with van der Waals surface area (Å²) in [5.41, 5.74) is 2.17. The number of nitrogens with one attached hydrogen (secondary N) is 1. The summed E-state index contributed by atoms with van der Waals surface area (Å²) in [6.07, 6.45) is 0. The van der Waals surface area contributed by atoms with Crippen molar-refractivity contribution in [3.05, 3.63) is 40.0 Å². The van der Waals surface area contributed by atoms with Crippen molar-refractivity contribution in [1.82, 2.24) is 15.1 Å². The molecule has 1 unspecified atom stereocenters. The van der Waals surface area contributed by atoms with Crippen molar-refractivity contribution >= 4 is 15.9 Å². The van der Waals surface area contributed by atoms with Crippen LogP contribution in [0.15, 0.2) is 28.7 Å². The van der Waals surface area contributed by atoms with Gasteiger partial charge in [0.15, 0.2) is 0 Å². The minimum Gasteiger partial charge on any atom is -0.439 e. The third-order valence-corrected chi connectivity index (χ3v) is 3.82. The van der Waals surface area contributed by atoms with Crippen LogP contribution in [0.3, 0.4) is 0 Å². The lowest BCUT2D eigenvalue weighted by molar-refractivity contribution is 0.430. The van der Waals surface area contributed by atoms with E-state index in [1.807, 2.05) is 32.2 Å². The second-order valence-corrected chi connectivity index (χ2v) is 5.67. The number of benzene rings is 1. The van der Waals surface area contributed by atoms with Crippen LogP contribution >= 0.6 is 15.9 Å². The normalized spacial score (nSPS) is 12.4. The van der Waals surface area contributed by atoms with E-state index in [4.69, 9.17) is 4.74 Å². The van der Waals surface area contributed by atoms with Crippen molar-refractivity contribution < 1.29 is 4.74 Å². The molecule has 0 aliphatic heterocycles. The molecule has 1 aromatic carbocycles. The fourth-order valence-corrected chi connectivity index (χ4v) is 2.84. The van der Waals surface area contributed by atoms with Gasteiger partial charge in [-0.3, -0.25) is 0 Å². The average Bonchev–Trinajstić information content (AvgIpc) is 2.68. The minimum absolute atomic E-state index is 0.308. The summed E-state index contributed by atoms with van der Waals surface area (Å²) in [4.78, 5) is 0. The van der Waals surface area contributed by atoms with E-state index in [1.54, 1.807) is 4.68 Å². The van der Waals surface area contributed by atoms with Crippen LogP contribution in [0.25, 0.3) is 0 Å². The molecule has 1 atom stereocenters. The third kappa shape index (κ3) is 3.41. The molecule has 20 heavy (non-hydrogen) atoms. The van der Waals surface area contributed by atoms with Crippen LogP contribution in [0, 0.1) is 6.92 Å². The molecule has 1 heterocycles. The Morgan fingerprint density at radius 2 is 2.15 bits per heavy atom. The maximum atomic E-state index is 5.86. The maximum Gasteiger partial charge on any atom is 0.217 e. The molecule has 1 aromatic heterocycles. The molecule has 2 aromatic rings. The smallest absolute Gasteiger partial charge is 0.217 e. The Morgan fingerprint density at radius 1 is 1.40 bits per heavy atom. The molecule has 0 aliphatic carbocycles. The molecule has 4 nitrogen and oxygen atoms in total. The van der Waals surface area contributed by atoms with Gasteiger partial charge in [-0.2, -0.15) is 5.10 Å². The summed E-state index contributed by atoms with van der Waals surface area (Å²) >= 11 is 3.61. The summed E-state index contributed by atoms with van der Waals surface area (Å²) in [6, 6.07) is 8.28. The first-order valence-electron chi connectivity index (χ1n) is 6.72. The lowest BCUT2D eigenvalue weighted by Crippen LogP contribution is -2.18. The maximum absolute atomic E-state index is 5.86. The van der Waals surface area contributed by atoms with Crippen LogP contribution in [0.5, 0.6) is 11.6 Å². The van der Waals surface area contributed by atoms with E-state index in [9.17, 15) is 0 Å². The van der Waals surface area contributed by atoms with E-state index in [2.05, 4.69) is 46.3 Å². The quantitative estimate of drug-likeness (QED) is 0.897. The molecule has 1 N–H and O–H groups in total. The summed E-state index contributed by atoms with van der Waals surface area (Å²) in [5.74, 6) is 1.54. The van der Waals surface area contributed by atoms with Crippen LogP contribution in [-0.4, -0.2) is 16.3 Å². The number of ether oxygens (including phenoxy) is 1. The molecule has 2 rings (SSSR count). The Morgan fingerprint density at radius 3 is 2.70 bits per heavy atom. The molecule has 5 heteroatoms. The van der Waals surface area contributed by atoms with Gasteiger partial charge >= 0.3 is 0 Å². The van der Waals surface area contributed by atoms with Crippen molar-refractivity contribution in [2.45, 2.75) is 26.8 Å². The average molecular weight is 338 g/mol. The van der Waals surface area contributed by atoms with Gasteiger partial charge in [0.25, 0.3) is 0 Å². The Balaban J connectivity index is 2.19. The summed E-state index contributed by atoms with van der Waals surface area (Å²) < 4.78 is 8.63. The van der Waals surface area contributed by atoms with Crippen molar-refractivity contribution in [3.63, 3.8) is 0 Å². The van der Waals surface area contributed by atoms with Crippen LogP contribution in [0.1, 0.15) is 31.1 Å². The summed E-state index contributed by atoms with van der Waals surface area (Å²) in [6.45, 7) is 7.14. The van der Waals surface area contributed by atoms with Crippen molar-refractivity contribution in [1.29, 1.82) is 0 Å². The predicted octanol–water partition coefficient (Wildman–Crippen LogP) is 3.95. The van der Waals surface area contributed by atoms with Gasteiger partial charge < -0.3 is 10.1 Å². The minimum atomic E-state index is 0.308. The topological polar surface area (TPSA) is 39.1 Å². The van der Waals surface area contributed by atoms with E-state index >= 15 is 0 Å². The molecule has 0 radical (unpaired) electrons. The first kappa shape index (κ1) is 15.1. The molecule has 0 bridgehead atoms. The summed E-state index contributed by atoms with van der Waals surface area (Å²) in [7, 11) is 1.87. The number of rotatable bonds is 5. The van der Waals surface area contributed by atoms with Gasteiger partial charge in [-0.05, 0) is 38.1 Å². The van der Waals surface area contributed by atoms with Crippen molar-refractivity contribution in [2.24, 2.45) is 7.05 Å². The molecule has 0 saturated heterocycles. The monoisotopic (exact) mass is 337 g/mol. The Bertz CT molecular complexity index is 595. The SMILES string of the molecule is CCNC(C)c1ccc(Oc2cc(C)nn2C)cc1Br. The Hall–Kier alpha value is -1.33. The van der Waals surface area contributed by atoms with Gasteiger partial charge in [-0.1, -0.05) is 28.9 Å². The zero-order valence-corrected chi connectivity index (χ0v) is 13.9. The van der Waals surface area contributed by atoms with Gasteiger partial charge in [-0.25, -0.2) is 4.68 Å². The fraction of sp³-hybridized carbons (Fsp3) is 0.400. The molecule has 0 spiro atoms. The van der Waals surface area contributed by atoms with Crippen LogP contribution in [0.4, 0.5) is 0 Å². The predicted molar refractivity (Wildman–Crippen MR) is 84.3 cm³/mol. The summed E-state index contributed by atoms with van der Waals surface area (Å²) in [5, 5.41) is 7.67. The fourth-order valence-electron chi connectivity index (χ4n) is 2.14. The highest BCUT2D eigenvalue weighted by Crippen LogP contribution is 2.30. The second kappa shape index (κ2) is 6.41. The molecular formula is C15H20BrN3O. The zero-order valence-electron chi connectivity index (χ0n) is 12.3. The number of aryl methyl sites for hydroxylation is 2. The highest BCUT2D eigenvalue weighted by molar-refractivity contribution is 9.10. The van der Waals surface area contributed by atoms with Crippen LogP contribution < -0.4 is 10.1 Å². The van der Waals surface area contributed by atoms with Gasteiger partial charge in [0, 0.05) is 23.6 Å². The van der Waals surface area contributed by atoms with Crippen molar-refractivity contribution in [2.75, 3.05) is 6.54 Å². The van der Waals surface area contributed by atoms with Gasteiger partial charge in [0.05, 0.1) is 5.69 Å². The van der Waals surface area contributed by atoms with Gasteiger partial charge in [-0.15, -0.1) is 0 Å². The van der Waals surface area contributed by atoms with Crippen LogP contribution in [0.2, 0.25) is 0 Å². The van der Waals surface area contributed by atoms with E-state index in [0.29, 0.717) is 6.04 Å². The highest BCUT2D eigenvalue weighted by atomic mass is 79.9. The number of hydrogen-bond acceptors (Lipinski definition) is 3. The number of halogens is 1. The Kier molecular flexibility index (Phi) is 4.83. The van der Waals surface area contributed by atoms with Crippen LogP contribution in [-0.2, 0) is 7.05 Å². The van der Waals surface area contributed by atoms with Crippen molar-refractivity contribution in [3.8, 4) is 11.6 Å². The largest absolute Gasteiger partial charge is 0.439 e. The Labute approximate surface area is 128 Å². The molecule has 0 fully saturated rings. The van der Waals surface area contributed by atoms with Gasteiger partial charge in [0.2, 0.25) is 5.88 Å². The molecule has 0 saturated carbocycles. The van der Waals surface area contributed by atoms with E-state index in [0.717, 1.165) is 28.3 Å². The molecule has 0 amide bonds. The van der Waals surface area contributed by atoms with Gasteiger partial charge in [0.1, 0.15) is 5.75 Å². The standard InChI is InChI=1S/C15H20BrN3O/c1-5-17-11(3)13-7-6-12(9-14(13)16)20-15-8-10(2)18-19(15)4/h6-9,11,17H,5H2,1-4H3. The van der Waals surface area contributed by atoms with E-state index in [1.165, 1.54) is 5.56 Å². The molecular weight excluding hydrogens is 318 g/mol. The first-order chi connectivity index (χ1) is 9.51. The highest BCUT2D eigenvalue weighted by Gasteiger charge is 2.10. The lowest BCUT2D eigenvalue weighted by Gasteiger charge is -2.15. The molecule has 108 valence electrons. The molecule has 0 aliphatic rings.